The molecular weight excluding hydrogens is 148 g/mol. The molecule has 0 aromatic carbocycles. The van der Waals surface area contributed by atoms with Crippen molar-refractivity contribution in [1.29, 1.82) is 0 Å². The Bertz CT molecular complexity index is 62.7. The highest BCUT2D eigenvalue weighted by atomic mass is 35.5. The zero-order valence-electron chi connectivity index (χ0n) is 4.32. The molecule has 0 bridgehead atoms. The molecule has 0 radical (unpaired) electrons. The van der Waals surface area contributed by atoms with E-state index < -0.39 is 0 Å². The van der Waals surface area contributed by atoms with Crippen LogP contribution in [0.15, 0.2) is 0 Å². The van der Waals surface area contributed by atoms with Crippen LogP contribution in [0.3, 0.4) is 0 Å². The summed E-state index contributed by atoms with van der Waals surface area (Å²) in [5, 5.41) is 0. The van der Waals surface area contributed by atoms with E-state index in [1.165, 1.54) is 0 Å². The maximum Gasteiger partial charge on any atom is 0.0317 e. The van der Waals surface area contributed by atoms with Gasteiger partial charge in [0.15, 0.2) is 0 Å². The molecule has 0 amide bonds. The van der Waals surface area contributed by atoms with Gasteiger partial charge in [0.1, 0.15) is 0 Å². The van der Waals surface area contributed by atoms with Crippen molar-refractivity contribution in [2.24, 2.45) is 0 Å². The Hall–Kier alpha value is 0.860. The molecule has 0 aromatic heterocycles. The van der Waals surface area contributed by atoms with Gasteiger partial charge < -0.3 is 0 Å². The topological polar surface area (TPSA) is 0 Å². The molecular formula is C4H9ClS2. The summed E-state index contributed by atoms with van der Waals surface area (Å²) in [5.74, 6) is 2.83. The zero-order chi connectivity index (χ0) is 5.70. The van der Waals surface area contributed by atoms with Crippen molar-refractivity contribution in [3.63, 3.8) is 0 Å². The van der Waals surface area contributed by atoms with Gasteiger partial charge in [0.25, 0.3) is 0 Å². The van der Waals surface area contributed by atoms with E-state index in [0.29, 0.717) is 0 Å². The molecule has 1 unspecified atom stereocenters. The zero-order valence-corrected chi connectivity index (χ0v) is 6.70. The lowest BCUT2D eigenvalue weighted by atomic mass is 11.0. The summed E-state index contributed by atoms with van der Waals surface area (Å²) < 4.78 is 0. The fraction of sp³-hybridized carbons (Fsp3) is 1.00. The first-order valence-electron chi connectivity index (χ1n) is 2.22. The lowest BCUT2D eigenvalue weighted by molar-refractivity contribution is 1.46. The van der Waals surface area contributed by atoms with Crippen LogP contribution in [-0.4, -0.2) is 17.4 Å². The lowest BCUT2D eigenvalue weighted by Crippen LogP contribution is -1.97. The average molecular weight is 157 g/mol. The van der Waals surface area contributed by atoms with Crippen molar-refractivity contribution >= 4 is 32.2 Å². The number of rotatable bonds is 3. The average Bonchev–Trinajstić information content (AvgIpc) is 1.68. The molecule has 0 aliphatic heterocycles. The van der Waals surface area contributed by atoms with Gasteiger partial charge in [-0.25, -0.2) is 0 Å². The molecule has 0 aliphatic rings. The van der Waals surface area contributed by atoms with Crippen molar-refractivity contribution in [1.82, 2.24) is 0 Å². The molecule has 44 valence electrons. The predicted octanol–water partition coefficient (Wildman–Crippen LogP) is 1.33. The quantitative estimate of drug-likeness (QED) is 0.556. The molecule has 0 N–H and O–H groups in total. The monoisotopic (exact) mass is 156 g/mol. The molecule has 0 rings (SSSR count). The first kappa shape index (κ1) is 7.86. The standard InChI is InChI=1S/C4H9ClS2/c1-2-7(6)4-3-5/h2-4H2,1H3. The first-order chi connectivity index (χ1) is 3.31. The number of alkyl halides is 1. The predicted molar refractivity (Wildman–Crippen MR) is 40.9 cm³/mol. The summed E-state index contributed by atoms with van der Waals surface area (Å²) in [6, 6.07) is 0. The third-order valence-corrected chi connectivity index (χ3v) is 3.55. The fourth-order valence-corrected chi connectivity index (χ4v) is 1.77. The molecule has 0 fully saturated rings. The van der Waals surface area contributed by atoms with Gasteiger partial charge in [0.2, 0.25) is 0 Å². The van der Waals surface area contributed by atoms with Gasteiger partial charge in [0, 0.05) is 11.6 Å². The van der Waals surface area contributed by atoms with Gasteiger partial charge in [-0.15, -0.1) is 21.1 Å². The van der Waals surface area contributed by atoms with Crippen molar-refractivity contribution in [3.05, 3.63) is 0 Å². The molecule has 7 heavy (non-hydrogen) atoms. The minimum atomic E-state index is 0.174. The lowest BCUT2D eigenvalue weighted by Gasteiger charge is -1.92. The Balaban J connectivity index is 3.00. The molecule has 0 nitrogen and oxygen atoms in total. The van der Waals surface area contributed by atoms with Crippen LogP contribution in [-0.2, 0) is 20.6 Å². The van der Waals surface area contributed by atoms with E-state index in [-0.39, 0.29) is 9.45 Å². The molecule has 0 spiro atoms. The number of halogens is 1. The van der Waals surface area contributed by atoms with Crippen LogP contribution >= 0.6 is 11.6 Å². The summed E-state index contributed by atoms with van der Waals surface area (Å²) in [7, 11) is 0.174. The normalized spacial score (nSPS) is 14.0. The van der Waals surface area contributed by atoms with E-state index in [1.54, 1.807) is 0 Å². The van der Waals surface area contributed by atoms with Crippen LogP contribution in [0.2, 0.25) is 0 Å². The van der Waals surface area contributed by atoms with Gasteiger partial charge >= 0.3 is 0 Å². The minimum Gasteiger partial charge on any atom is -0.126 e. The molecule has 0 saturated carbocycles. The van der Waals surface area contributed by atoms with E-state index in [9.17, 15) is 0 Å². The van der Waals surface area contributed by atoms with Crippen molar-refractivity contribution < 1.29 is 0 Å². The SMILES string of the molecule is CCS(=S)CCCl. The second-order valence-electron chi connectivity index (χ2n) is 1.12. The maximum atomic E-state index is 5.42. The van der Waals surface area contributed by atoms with Crippen LogP contribution in [0.25, 0.3) is 0 Å². The Kier molecular flexibility index (Phi) is 5.62. The van der Waals surface area contributed by atoms with E-state index in [0.717, 1.165) is 17.4 Å². The smallest absolute Gasteiger partial charge is 0.0317 e. The summed E-state index contributed by atoms with van der Waals surface area (Å²) in [6.07, 6.45) is 0. The van der Waals surface area contributed by atoms with Crippen molar-refractivity contribution in [2.45, 2.75) is 6.92 Å². The number of hydrogen-bond acceptors (Lipinski definition) is 1. The highest BCUT2D eigenvalue weighted by Crippen LogP contribution is 1.83. The van der Waals surface area contributed by atoms with Crippen molar-refractivity contribution in [2.75, 3.05) is 17.4 Å². The summed E-state index contributed by atoms with van der Waals surface area (Å²) in [4.78, 5) is 0. The van der Waals surface area contributed by atoms with E-state index in [1.807, 2.05) is 0 Å². The van der Waals surface area contributed by atoms with Gasteiger partial charge in [-0.2, -0.15) is 0 Å². The molecule has 0 saturated heterocycles. The molecule has 0 heterocycles. The second kappa shape index (κ2) is 5.01. The Morgan fingerprint density at radius 2 is 2.29 bits per heavy atom. The van der Waals surface area contributed by atoms with Gasteiger partial charge in [-0.05, 0) is 5.75 Å². The largest absolute Gasteiger partial charge is 0.126 e. The second-order valence-corrected chi connectivity index (χ2v) is 4.78. The molecule has 0 aromatic rings. The Labute approximate surface area is 56.8 Å². The van der Waals surface area contributed by atoms with E-state index >= 15 is 0 Å². The van der Waals surface area contributed by atoms with E-state index in [4.69, 9.17) is 22.8 Å². The van der Waals surface area contributed by atoms with Crippen LogP contribution in [0.4, 0.5) is 0 Å². The van der Waals surface area contributed by atoms with Gasteiger partial charge in [-0.3, -0.25) is 0 Å². The Morgan fingerprint density at radius 3 is 2.43 bits per heavy atom. The maximum absolute atomic E-state index is 5.42. The van der Waals surface area contributed by atoms with Crippen LogP contribution in [0.5, 0.6) is 0 Å². The summed E-state index contributed by atoms with van der Waals surface area (Å²) in [6.45, 7) is 2.10. The van der Waals surface area contributed by atoms with Gasteiger partial charge in [0.05, 0.1) is 0 Å². The summed E-state index contributed by atoms with van der Waals surface area (Å²) in [5.41, 5.74) is 0. The molecule has 3 heteroatoms. The molecule has 1 atom stereocenters. The third-order valence-electron chi connectivity index (χ3n) is 0.627. The van der Waals surface area contributed by atoms with Crippen LogP contribution < -0.4 is 0 Å². The number of hydrogen-bond donors (Lipinski definition) is 0. The third kappa shape index (κ3) is 4.72. The van der Waals surface area contributed by atoms with Crippen LogP contribution in [0.1, 0.15) is 6.92 Å². The van der Waals surface area contributed by atoms with E-state index in [2.05, 4.69) is 6.92 Å². The summed E-state index contributed by atoms with van der Waals surface area (Å²) >= 11 is 10.4. The highest BCUT2D eigenvalue weighted by Gasteiger charge is 1.85. The first-order valence-corrected chi connectivity index (χ1v) is 5.24. The Morgan fingerprint density at radius 1 is 1.71 bits per heavy atom. The van der Waals surface area contributed by atoms with Crippen LogP contribution in [0, 0.1) is 0 Å². The molecule has 0 aliphatic carbocycles. The fourth-order valence-electron chi connectivity index (χ4n) is 0.230. The van der Waals surface area contributed by atoms with Crippen molar-refractivity contribution in [3.8, 4) is 0 Å². The minimum absolute atomic E-state index is 0.174. The van der Waals surface area contributed by atoms with Gasteiger partial charge in [-0.1, -0.05) is 18.1 Å². The highest BCUT2D eigenvalue weighted by molar-refractivity contribution is 8.28.